The van der Waals surface area contributed by atoms with Crippen LogP contribution in [0.2, 0.25) is 0 Å². The third kappa shape index (κ3) is 2.91. The Morgan fingerprint density at radius 3 is 2.96 bits per heavy atom. The topological polar surface area (TPSA) is 94.8 Å². The van der Waals surface area contributed by atoms with Gasteiger partial charge in [-0.05, 0) is 25.1 Å². The number of carbonyl (C=O) groups excluding carboxylic acids is 1. The maximum atomic E-state index is 13.0. The maximum Gasteiger partial charge on any atom is 0.298 e. The monoisotopic (exact) mass is 393 g/mol. The molecule has 0 unspecified atom stereocenters. The number of nitro benzene ring substituents is 1. The molecule has 4 aromatic rings. The Morgan fingerprint density at radius 1 is 1.39 bits per heavy atom. The number of benzene rings is 1. The van der Waals surface area contributed by atoms with Gasteiger partial charge in [-0.3, -0.25) is 19.3 Å². The quantitative estimate of drug-likeness (QED) is 0.301. The van der Waals surface area contributed by atoms with Gasteiger partial charge in [0, 0.05) is 24.9 Å². The second-order valence-electron chi connectivity index (χ2n) is 6.08. The van der Waals surface area contributed by atoms with E-state index < -0.39 is 10.8 Å². The Balaban J connectivity index is 1.91. The average Bonchev–Trinajstić information content (AvgIpc) is 3.18. The number of aryl methyl sites for hydroxylation is 1. The molecule has 0 saturated carbocycles. The summed E-state index contributed by atoms with van der Waals surface area (Å²) in [4.78, 5) is 32.7. The smallest absolute Gasteiger partial charge is 0.298 e. The lowest BCUT2D eigenvalue weighted by molar-refractivity contribution is -0.384. The number of carbonyl (C=O) groups is 1. The summed E-state index contributed by atoms with van der Waals surface area (Å²) in [6.45, 7) is 5.94. The highest BCUT2D eigenvalue weighted by Crippen LogP contribution is 2.23. The van der Waals surface area contributed by atoms with Gasteiger partial charge in [-0.25, -0.2) is 4.98 Å². The molecular weight excluding hydrogens is 378 g/mol. The fourth-order valence-electron chi connectivity index (χ4n) is 3.08. The zero-order valence-electron chi connectivity index (χ0n) is 14.9. The van der Waals surface area contributed by atoms with Crippen molar-refractivity contribution in [2.24, 2.45) is 4.99 Å². The number of fused-ring (bicyclic) bond motifs is 2. The number of nitrogens with zero attached hydrogens (tertiary/aromatic N) is 5. The van der Waals surface area contributed by atoms with Gasteiger partial charge in [0.05, 0.1) is 20.8 Å². The molecule has 4 rings (SSSR count). The fraction of sp³-hybridized carbons (Fsp3) is 0.105. The lowest BCUT2D eigenvalue weighted by Crippen LogP contribution is -2.17. The van der Waals surface area contributed by atoms with E-state index in [4.69, 9.17) is 0 Å². The predicted molar refractivity (Wildman–Crippen MR) is 106 cm³/mol. The Morgan fingerprint density at radius 2 is 2.21 bits per heavy atom. The van der Waals surface area contributed by atoms with Crippen molar-refractivity contribution in [2.45, 2.75) is 13.5 Å². The summed E-state index contributed by atoms with van der Waals surface area (Å²) in [6, 6.07) is 10.1. The van der Waals surface area contributed by atoms with Crippen LogP contribution in [0.5, 0.6) is 0 Å². The number of rotatable bonds is 4. The molecule has 1 amide bonds. The first-order valence-corrected chi connectivity index (χ1v) is 9.22. The van der Waals surface area contributed by atoms with Gasteiger partial charge in [-0.2, -0.15) is 4.99 Å². The van der Waals surface area contributed by atoms with Gasteiger partial charge < -0.3 is 4.57 Å². The van der Waals surface area contributed by atoms with Crippen LogP contribution in [-0.2, 0) is 6.54 Å². The minimum Gasteiger partial charge on any atom is -0.312 e. The molecule has 0 atom stereocenters. The highest BCUT2D eigenvalue weighted by atomic mass is 32.1. The Bertz CT molecular complexity index is 1330. The van der Waals surface area contributed by atoms with Crippen LogP contribution >= 0.6 is 11.3 Å². The second kappa shape index (κ2) is 6.86. The highest BCUT2D eigenvalue weighted by Gasteiger charge is 2.17. The number of non-ortho nitro benzene ring substituents is 1. The van der Waals surface area contributed by atoms with Crippen LogP contribution in [0.4, 0.5) is 5.69 Å². The van der Waals surface area contributed by atoms with Crippen molar-refractivity contribution in [1.82, 2.24) is 14.0 Å². The SMILES string of the molecule is C=CCn1c(=NC(=O)c2c(C)nc3ccccn23)sc2cc([N+](=O)[O-])ccc21. The number of hydrogen-bond acceptors (Lipinski definition) is 5. The minimum absolute atomic E-state index is 0.00462. The lowest BCUT2D eigenvalue weighted by Gasteiger charge is -2.01. The lowest BCUT2D eigenvalue weighted by atomic mass is 10.3. The second-order valence-corrected chi connectivity index (χ2v) is 7.09. The molecule has 0 spiro atoms. The van der Waals surface area contributed by atoms with E-state index in [0.717, 1.165) is 5.52 Å². The first-order valence-electron chi connectivity index (χ1n) is 8.41. The summed E-state index contributed by atoms with van der Waals surface area (Å²) in [5.74, 6) is -0.421. The van der Waals surface area contributed by atoms with Crippen LogP contribution in [0.25, 0.3) is 15.9 Å². The molecule has 0 aliphatic heterocycles. The van der Waals surface area contributed by atoms with Gasteiger partial charge >= 0.3 is 0 Å². The molecule has 140 valence electrons. The molecular formula is C19H15N5O3S. The third-order valence-corrected chi connectivity index (χ3v) is 5.33. The zero-order chi connectivity index (χ0) is 19.8. The van der Waals surface area contributed by atoms with Crippen molar-refractivity contribution in [1.29, 1.82) is 0 Å². The number of pyridine rings is 1. The van der Waals surface area contributed by atoms with E-state index in [9.17, 15) is 14.9 Å². The van der Waals surface area contributed by atoms with Crippen molar-refractivity contribution in [3.63, 3.8) is 0 Å². The highest BCUT2D eigenvalue weighted by molar-refractivity contribution is 7.16. The van der Waals surface area contributed by atoms with Crippen molar-refractivity contribution >= 4 is 38.8 Å². The van der Waals surface area contributed by atoms with Gasteiger partial charge in [0.15, 0.2) is 4.80 Å². The van der Waals surface area contributed by atoms with Crippen molar-refractivity contribution in [3.05, 3.63) is 81.6 Å². The van der Waals surface area contributed by atoms with E-state index in [0.29, 0.717) is 33.1 Å². The number of amides is 1. The number of aromatic nitrogens is 3. The first kappa shape index (κ1) is 17.8. The number of imidazole rings is 1. The first-order chi connectivity index (χ1) is 13.5. The van der Waals surface area contributed by atoms with Gasteiger partial charge in [0.25, 0.3) is 11.6 Å². The summed E-state index contributed by atoms with van der Waals surface area (Å²) in [5.41, 5.74) is 2.41. The Kier molecular flexibility index (Phi) is 4.36. The molecule has 0 bridgehead atoms. The van der Waals surface area contributed by atoms with Gasteiger partial charge in [0.2, 0.25) is 0 Å². The average molecular weight is 393 g/mol. The molecule has 0 N–H and O–H groups in total. The summed E-state index contributed by atoms with van der Waals surface area (Å²) >= 11 is 1.23. The largest absolute Gasteiger partial charge is 0.312 e. The standard InChI is InChI=1S/C19H15N5O3S/c1-3-9-22-14-8-7-13(24(26)27)11-15(14)28-19(22)21-18(25)17-12(2)20-16-6-4-5-10-23(16)17/h3-8,10-11H,1,9H2,2H3. The molecule has 1 aromatic carbocycles. The number of hydrogen-bond donors (Lipinski definition) is 0. The van der Waals surface area contributed by atoms with E-state index in [1.165, 1.54) is 23.5 Å². The van der Waals surface area contributed by atoms with Crippen LogP contribution < -0.4 is 4.80 Å². The predicted octanol–water partition coefficient (Wildman–Crippen LogP) is 3.49. The van der Waals surface area contributed by atoms with Crippen LogP contribution in [0.1, 0.15) is 16.2 Å². The zero-order valence-corrected chi connectivity index (χ0v) is 15.7. The van der Waals surface area contributed by atoms with E-state index in [1.807, 2.05) is 22.8 Å². The molecule has 0 saturated heterocycles. The molecule has 3 aromatic heterocycles. The van der Waals surface area contributed by atoms with Gasteiger partial charge in [-0.1, -0.05) is 23.5 Å². The van der Waals surface area contributed by atoms with Crippen molar-refractivity contribution in [3.8, 4) is 0 Å². The normalized spacial score (nSPS) is 12.0. The van der Waals surface area contributed by atoms with Crippen LogP contribution in [0.15, 0.2) is 60.2 Å². The summed E-state index contributed by atoms with van der Waals surface area (Å²) in [7, 11) is 0. The molecule has 9 heteroatoms. The van der Waals surface area contributed by atoms with Crippen molar-refractivity contribution < 1.29 is 9.72 Å². The van der Waals surface area contributed by atoms with Gasteiger partial charge in [-0.15, -0.1) is 6.58 Å². The van der Waals surface area contributed by atoms with Crippen LogP contribution in [-0.4, -0.2) is 24.8 Å². The van der Waals surface area contributed by atoms with Crippen molar-refractivity contribution in [2.75, 3.05) is 0 Å². The number of allylic oxidation sites excluding steroid dienone is 1. The van der Waals surface area contributed by atoms with E-state index in [2.05, 4.69) is 16.6 Å². The Hall–Kier alpha value is -3.59. The molecule has 28 heavy (non-hydrogen) atoms. The maximum absolute atomic E-state index is 13.0. The number of thiazole rings is 1. The summed E-state index contributed by atoms with van der Waals surface area (Å²) in [5, 5.41) is 11.1. The van der Waals surface area contributed by atoms with Gasteiger partial charge in [0.1, 0.15) is 11.3 Å². The summed E-state index contributed by atoms with van der Waals surface area (Å²) in [6.07, 6.45) is 3.46. The molecule has 8 nitrogen and oxygen atoms in total. The van der Waals surface area contributed by atoms with Crippen LogP contribution in [0.3, 0.4) is 0 Å². The molecule has 0 aliphatic rings. The van der Waals surface area contributed by atoms with E-state index in [-0.39, 0.29) is 5.69 Å². The minimum atomic E-state index is -0.444. The molecule has 0 aliphatic carbocycles. The fourth-order valence-corrected chi connectivity index (χ4v) is 4.15. The molecule has 0 fully saturated rings. The summed E-state index contributed by atoms with van der Waals surface area (Å²) < 4.78 is 4.20. The van der Waals surface area contributed by atoms with Crippen LogP contribution in [0, 0.1) is 17.0 Å². The van der Waals surface area contributed by atoms with E-state index in [1.54, 1.807) is 29.7 Å². The number of nitro groups is 1. The van der Waals surface area contributed by atoms with E-state index >= 15 is 0 Å². The Labute approximate surface area is 162 Å². The molecule has 3 heterocycles. The molecule has 0 radical (unpaired) electrons. The third-order valence-electron chi connectivity index (χ3n) is 4.29.